The third kappa shape index (κ3) is 4.65. The van der Waals surface area contributed by atoms with E-state index in [4.69, 9.17) is 22.1 Å². The molecule has 29 heavy (non-hydrogen) atoms. The second-order valence-corrected chi connectivity index (χ2v) is 10.3. The van der Waals surface area contributed by atoms with Gasteiger partial charge in [-0.3, -0.25) is 4.90 Å². The highest BCUT2D eigenvalue weighted by Crippen LogP contribution is 2.41. The van der Waals surface area contributed by atoms with Crippen LogP contribution in [0.2, 0.25) is 5.02 Å². The first-order valence-electron chi connectivity index (χ1n) is 10.5. The summed E-state index contributed by atoms with van der Waals surface area (Å²) in [6.07, 6.45) is 4.56. The molecule has 2 aromatic rings. The first kappa shape index (κ1) is 20.8. The van der Waals surface area contributed by atoms with E-state index >= 15 is 0 Å². The largest absolute Gasteiger partial charge is 0.490 e. The average Bonchev–Trinajstić information content (AvgIpc) is 3.30. The molecule has 0 spiro atoms. The van der Waals surface area contributed by atoms with Crippen LogP contribution in [0.1, 0.15) is 58.2 Å². The smallest absolute Gasteiger partial charge is 0.180 e. The van der Waals surface area contributed by atoms with Gasteiger partial charge in [0.2, 0.25) is 0 Å². The normalized spacial score (nSPS) is 21.7. The molecular formula is C22H31ClN4OS. The zero-order valence-electron chi connectivity index (χ0n) is 17.5. The molecule has 0 unspecified atom stereocenters. The van der Waals surface area contributed by atoms with Crippen molar-refractivity contribution in [2.24, 2.45) is 0 Å². The van der Waals surface area contributed by atoms with Crippen LogP contribution in [-0.2, 0) is 0 Å². The molecule has 7 heteroatoms. The molecule has 0 aliphatic carbocycles. The first-order valence-corrected chi connectivity index (χ1v) is 11.8. The summed E-state index contributed by atoms with van der Waals surface area (Å²) in [5.41, 5.74) is 8.17. The quantitative estimate of drug-likeness (QED) is 0.701. The van der Waals surface area contributed by atoms with Gasteiger partial charge in [-0.05, 0) is 58.6 Å². The van der Waals surface area contributed by atoms with Gasteiger partial charge in [-0.1, -0.05) is 11.6 Å². The monoisotopic (exact) mass is 434 g/mol. The number of ether oxygens (including phenoxy) is 1. The molecule has 2 fully saturated rings. The Labute approximate surface area is 182 Å². The Morgan fingerprint density at radius 2 is 1.93 bits per heavy atom. The lowest BCUT2D eigenvalue weighted by atomic mass is 9.99. The van der Waals surface area contributed by atoms with Crippen LogP contribution in [0.4, 0.5) is 10.8 Å². The molecular weight excluding hydrogens is 404 g/mol. The van der Waals surface area contributed by atoms with E-state index in [-0.39, 0.29) is 17.7 Å². The van der Waals surface area contributed by atoms with Crippen molar-refractivity contribution in [1.82, 2.24) is 9.88 Å². The van der Waals surface area contributed by atoms with Crippen LogP contribution >= 0.6 is 22.9 Å². The van der Waals surface area contributed by atoms with Gasteiger partial charge >= 0.3 is 0 Å². The summed E-state index contributed by atoms with van der Waals surface area (Å²) in [5, 5.41) is 3.43. The van der Waals surface area contributed by atoms with Crippen LogP contribution < -0.4 is 15.4 Å². The molecule has 0 saturated carbocycles. The number of benzene rings is 1. The zero-order chi connectivity index (χ0) is 20.6. The minimum Gasteiger partial charge on any atom is -0.490 e. The van der Waals surface area contributed by atoms with Crippen molar-refractivity contribution in [3.05, 3.63) is 34.3 Å². The molecule has 1 aromatic heterocycles. The fraction of sp³-hybridized carbons (Fsp3) is 0.591. The third-order valence-corrected chi connectivity index (χ3v) is 7.05. The van der Waals surface area contributed by atoms with Gasteiger partial charge in [-0.25, -0.2) is 4.98 Å². The number of nitrogens with two attached hydrogens (primary N) is 1. The van der Waals surface area contributed by atoms with E-state index < -0.39 is 0 Å². The van der Waals surface area contributed by atoms with Crippen LogP contribution in [0, 0.1) is 0 Å². The fourth-order valence-electron chi connectivity index (χ4n) is 4.45. The molecule has 0 amide bonds. The van der Waals surface area contributed by atoms with E-state index in [1.807, 2.05) is 6.07 Å². The Hall–Kier alpha value is -1.50. The number of nitrogens with zero attached hydrogens (tertiary/aromatic N) is 3. The third-order valence-electron chi connectivity index (χ3n) is 6.06. The summed E-state index contributed by atoms with van der Waals surface area (Å²) >= 11 is 8.20. The van der Waals surface area contributed by atoms with Crippen molar-refractivity contribution in [3.8, 4) is 5.75 Å². The molecule has 2 saturated heterocycles. The van der Waals surface area contributed by atoms with Gasteiger partial charge in [0.1, 0.15) is 11.9 Å². The Morgan fingerprint density at radius 1 is 1.17 bits per heavy atom. The van der Waals surface area contributed by atoms with Gasteiger partial charge in [-0.2, -0.15) is 0 Å². The molecule has 1 aromatic carbocycles. The number of likely N-dealkylation sites (tertiary alicyclic amines) is 1. The molecule has 158 valence electrons. The number of halogens is 1. The van der Waals surface area contributed by atoms with Gasteiger partial charge in [0.25, 0.3) is 0 Å². The number of hydrogen-bond acceptors (Lipinski definition) is 6. The van der Waals surface area contributed by atoms with Crippen molar-refractivity contribution >= 4 is 33.8 Å². The SMILES string of the molecule is CC(C)(C)N1CCC(Oc2ccc(N3CCC[C@@H]3c3csc(N)n3)c(Cl)c2)CC1. The van der Waals surface area contributed by atoms with Crippen molar-refractivity contribution in [2.45, 2.75) is 64.1 Å². The predicted molar refractivity (Wildman–Crippen MR) is 122 cm³/mol. The summed E-state index contributed by atoms with van der Waals surface area (Å²) in [7, 11) is 0. The van der Waals surface area contributed by atoms with Gasteiger partial charge in [-0.15, -0.1) is 11.3 Å². The van der Waals surface area contributed by atoms with Crippen LogP contribution in [-0.4, -0.2) is 41.2 Å². The average molecular weight is 435 g/mol. The number of hydrogen-bond donors (Lipinski definition) is 1. The van der Waals surface area contributed by atoms with Crippen LogP contribution in [0.15, 0.2) is 23.6 Å². The Balaban J connectivity index is 1.42. The maximum atomic E-state index is 6.70. The highest BCUT2D eigenvalue weighted by Gasteiger charge is 2.30. The molecule has 5 nitrogen and oxygen atoms in total. The van der Waals surface area contributed by atoms with Crippen LogP contribution in [0.25, 0.3) is 0 Å². The van der Waals surface area contributed by atoms with Gasteiger partial charge in [0, 0.05) is 36.6 Å². The summed E-state index contributed by atoms with van der Waals surface area (Å²) < 4.78 is 6.27. The molecule has 3 heterocycles. The molecule has 2 aliphatic rings. The lowest BCUT2D eigenvalue weighted by molar-refractivity contribution is 0.0491. The lowest BCUT2D eigenvalue weighted by Crippen LogP contribution is -2.48. The number of aromatic nitrogens is 1. The van der Waals surface area contributed by atoms with E-state index in [2.05, 4.69) is 53.1 Å². The Bertz CT molecular complexity index is 842. The number of rotatable bonds is 4. The second kappa shape index (κ2) is 8.32. The lowest BCUT2D eigenvalue weighted by Gasteiger charge is -2.40. The van der Waals surface area contributed by atoms with Crippen molar-refractivity contribution in [2.75, 3.05) is 30.3 Å². The predicted octanol–water partition coefficient (Wildman–Crippen LogP) is 5.36. The maximum Gasteiger partial charge on any atom is 0.180 e. The summed E-state index contributed by atoms with van der Waals surface area (Å²) in [6.45, 7) is 9.96. The summed E-state index contributed by atoms with van der Waals surface area (Å²) in [6, 6.07) is 6.37. The topological polar surface area (TPSA) is 54.6 Å². The van der Waals surface area contributed by atoms with Crippen molar-refractivity contribution in [3.63, 3.8) is 0 Å². The van der Waals surface area contributed by atoms with Crippen LogP contribution in [0.5, 0.6) is 5.75 Å². The molecule has 0 radical (unpaired) electrons. The molecule has 2 aliphatic heterocycles. The molecule has 4 rings (SSSR count). The van der Waals surface area contributed by atoms with Crippen LogP contribution in [0.3, 0.4) is 0 Å². The second-order valence-electron chi connectivity index (χ2n) is 9.05. The minimum absolute atomic E-state index is 0.226. The molecule has 2 N–H and O–H groups in total. The van der Waals surface area contributed by atoms with Crippen molar-refractivity contribution < 1.29 is 4.74 Å². The van der Waals surface area contributed by atoms with E-state index in [1.54, 1.807) is 0 Å². The maximum absolute atomic E-state index is 6.70. The summed E-state index contributed by atoms with van der Waals surface area (Å²) in [4.78, 5) is 9.38. The van der Waals surface area contributed by atoms with Gasteiger partial charge in [0.15, 0.2) is 5.13 Å². The number of anilines is 2. The van der Waals surface area contributed by atoms with E-state index in [0.29, 0.717) is 5.13 Å². The van der Waals surface area contributed by atoms with Crippen molar-refractivity contribution in [1.29, 1.82) is 0 Å². The Kier molecular flexibility index (Phi) is 5.96. The van der Waals surface area contributed by atoms with Gasteiger partial charge in [0.05, 0.1) is 22.4 Å². The minimum atomic E-state index is 0.226. The number of thiazole rings is 1. The highest BCUT2D eigenvalue weighted by molar-refractivity contribution is 7.13. The first-order chi connectivity index (χ1) is 13.8. The Morgan fingerprint density at radius 3 is 2.55 bits per heavy atom. The zero-order valence-corrected chi connectivity index (χ0v) is 19.1. The molecule has 1 atom stereocenters. The standard InChI is InChI=1S/C22H31ClN4OS/c1-22(2,3)26-11-8-15(9-12-26)28-16-6-7-19(17(23)13-16)27-10-4-5-20(27)18-14-29-21(24)25-18/h6-7,13-15,20H,4-5,8-12H2,1-3H3,(H2,24,25)/t20-/m1/s1. The molecule has 0 bridgehead atoms. The van der Waals surface area contributed by atoms with E-state index in [1.165, 1.54) is 11.3 Å². The highest BCUT2D eigenvalue weighted by atomic mass is 35.5. The van der Waals surface area contributed by atoms with E-state index in [9.17, 15) is 0 Å². The fourth-order valence-corrected chi connectivity index (χ4v) is 5.34. The van der Waals surface area contributed by atoms with Gasteiger partial charge < -0.3 is 15.4 Å². The number of nitrogen functional groups attached to an aromatic ring is 1. The van der Waals surface area contributed by atoms with E-state index in [0.717, 1.165) is 67.5 Å². The summed E-state index contributed by atoms with van der Waals surface area (Å²) in [5.74, 6) is 0.863. The number of piperidine rings is 1.